The maximum Gasteiger partial charge on any atom is 0.257 e. The molecule has 0 aromatic heterocycles. The van der Waals surface area contributed by atoms with Crippen molar-refractivity contribution < 1.29 is 19.1 Å². The van der Waals surface area contributed by atoms with Crippen LogP contribution in [0.4, 0.5) is 5.69 Å². The van der Waals surface area contributed by atoms with Gasteiger partial charge in [0.1, 0.15) is 17.4 Å². The van der Waals surface area contributed by atoms with Crippen molar-refractivity contribution in [3.8, 4) is 5.75 Å². The fourth-order valence-corrected chi connectivity index (χ4v) is 1.72. The first-order valence-electron chi connectivity index (χ1n) is 6.51. The normalized spacial score (nSPS) is 11.6. The molecule has 0 aliphatic heterocycles. The Morgan fingerprint density at radius 3 is 2.67 bits per heavy atom. The lowest BCUT2D eigenvalue weighted by Gasteiger charge is -2.16. The number of nitrogens with two attached hydrogens (primary N) is 1. The SMILES string of the molecule is COCCNC(=O)C(C)NC(=O)c1c(N)cccc1OC. The van der Waals surface area contributed by atoms with E-state index in [9.17, 15) is 9.59 Å². The number of carbonyl (C=O) groups excluding carboxylic acids is 2. The summed E-state index contributed by atoms with van der Waals surface area (Å²) in [4.78, 5) is 24.0. The van der Waals surface area contributed by atoms with Crippen LogP contribution in [-0.4, -0.2) is 45.2 Å². The number of rotatable bonds is 7. The maximum absolute atomic E-state index is 12.2. The number of carbonyl (C=O) groups is 2. The minimum atomic E-state index is -0.696. The molecule has 1 rings (SSSR count). The number of hydrogen-bond acceptors (Lipinski definition) is 5. The van der Waals surface area contributed by atoms with Crippen LogP contribution in [0.5, 0.6) is 5.75 Å². The molecule has 0 bridgehead atoms. The van der Waals surface area contributed by atoms with Gasteiger partial charge in [-0.1, -0.05) is 6.07 Å². The summed E-state index contributed by atoms with van der Waals surface area (Å²) in [6.45, 7) is 2.38. The monoisotopic (exact) mass is 295 g/mol. The van der Waals surface area contributed by atoms with Gasteiger partial charge >= 0.3 is 0 Å². The summed E-state index contributed by atoms with van der Waals surface area (Å²) in [5.74, 6) is -0.396. The summed E-state index contributed by atoms with van der Waals surface area (Å²) in [5.41, 5.74) is 6.30. The first-order valence-corrected chi connectivity index (χ1v) is 6.51. The minimum Gasteiger partial charge on any atom is -0.496 e. The molecule has 1 aromatic carbocycles. The summed E-state index contributed by atoms with van der Waals surface area (Å²) >= 11 is 0. The third-order valence-corrected chi connectivity index (χ3v) is 2.85. The lowest BCUT2D eigenvalue weighted by Crippen LogP contribution is -2.45. The molecule has 4 N–H and O–H groups in total. The van der Waals surface area contributed by atoms with E-state index in [0.29, 0.717) is 24.6 Å². The van der Waals surface area contributed by atoms with Crippen molar-refractivity contribution in [3.63, 3.8) is 0 Å². The lowest BCUT2D eigenvalue weighted by molar-refractivity contribution is -0.122. The quantitative estimate of drug-likeness (QED) is 0.491. The summed E-state index contributed by atoms with van der Waals surface area (Å²) in [5, 5.41) is 5.23. The predicted molar refractivity (Wildman–Crippen MR) is 79.2 cm³/mol. The molecule has 1 atom stereocenters. The summed E-state index contributed by atoms with van der Waals surface area (Å²) in [6, 6.07) is 4.22. The fraction of sp³-hybridized carbons (Fsp3) is 0.429. The van der Waals surface area contributed by atoms with Crippen LogP contribution in [0.3, 0.4) is 0 Å². The number of hydrogen-bond donors (Lipinski definition) is 3. The van der Waals surface area contributed by atoms with E-state index in [-0.39, 0.29) is 11.5 Å². The second-order valence-corrected chi connectivity index (χ2v) is 4.40. The first-order chi connectivity index (χ1) is 10.0. The minimum absolute atomic E-state index is 0.219. The van der Waals surface area contributed by atoms with Crippen LogP contribution in [-0.2, 0) is 9.53 Å². The first kappa shape index (κ1) is 16.8. The molecule has 0 spiro atoms. The van der Waals surface area contributed by atoms with E-state index in [1.165, 1.54) is 7.11 Å². The van der Waals surface area contributed by atoms with Crippen molar-refractivity contribution in [2.75, 3.05) is 33.1 Å². The molecule has 0 saturated carbocycles. The van der Waals surface area contributed by atoms with Crippen molar-refractivity contribution in [3.05, 3.63) is 23.8 Å². The van der Waals surface area contributed by atoms with Crippen LogP contribution in [0.1, 0.15) is 17.3 Å². The Hall–Kier alpha value is -2.28. The number of nitrogen functional groups attached to an aromatic ring is 1. The molecular formula is C14H21N3O4. The van der Waals surface area contributed by atoms with Gasteiger partial charge in [-0.2, -0.15) is 0 Å². The third kappa shape index (κ3) is 4.64. The smallest absolute Gasteiger partial charge is 0.257 e. The van der Waals surface area contributed by atoms with Gasteiger partial charge < -0.3 is 25.8 Å². The van der Waals surface area contributed by atoms with Crippen LogP contribution < -0.4 is 21.1 Å². The second kappa shape index (κ2) is 8.11. The molecule has 0 fully saturated rings. The van der Waals surface area contributed by atoms with Crippen molar-refractivity contribution in [2.24, 2.45) is 0 Å². The van der Waals surface area contributed by atoms with Gasteiger partial charge in [-0.05, 0) is 19.1 Å². The molecule has 0 aliphatic carbocycles. The highest BCUT2D eigenvalue weighted by Gasteiger charge is 2.20. The highest BCUT2D eigenvalue weighted by atomic mass is 16.5. The number of nitrogens with one attached hydrogen (secondary N) is 2. The summed E-state index contributed by atoms with van der Waals surface area (Å²) in [7, 11) is 2.99. The Kier molecular flexibility index (Phi) is 6.48. The van der Waals surface area contributed by atoms with Gasteiger partial charge in [-0.15, -0.1) is 0 Å². The Morgan fingerprint density at radius 2 is 2.05 bits per heavy atom. The number of amides is 2. The molecule has 0 radical (unpaired) electrons. The molecule has 1 aromatic rings. The summed E-state index contributed by atoms with van der Waals surface area (Å²) in [6.07, 6.45) is 0. The van der Waals surface area contributed by atoms with Crippen molar-refractivity contribution in [1.82, 2.24) is 10.6 Å². The highest BCUT2D eigenvalue weighted by molar-refractivity contribution is 6.03. The van der Waals surface area contributed by atoms with Crippen molar-refractivity contribution in [2.45, 2.75) is 13.0 Å². The Morgan fingerprint density at radius 1 is 1.33 bits per heavy atom. The molecule has 21 heavy (non-hydrogen) atoms. The zero-order valence-electron chi connectivity index (χ0n) is 12.4. The Balaban J connectivity index is 2.71. The van der Waals surface area contributed by atoms with Crippen LogP contribution in [0.15, 0.2) is 18.2 Å². The average molecular weight is 295 g/mol. The topological polar surface area (TPSA) is 103 Å². The maximum atomic E-state index is 12.2. The molecule has 7 heteroatoms. The van der Waals surface area contributed by atoms with E-state index in [2.05, 4.69) is 10.6 Å². The zero-order valence-corrected chi connectivity index (χ0v) is 12.4. The number of ether oxygens (including phenoxy) is 2. The largest absolute Gasteiger partial charge is 0.496 e. The fourth-order valence-electron chi connectivity index (χ4n) is 1.72. The standard InChI is InChI=1S/C14H21N3O4/c1-9(13(18)16-7-8-20-2)17-14(19)12-10(15)5-4-6-11(12)21-3/h4-6,9H,7-8,15H2,1-3H3,(H,16,18)(H,17,19). The molecule has 7 nitrogen and oxygen atoms in total. The van der Waals surface area contributed by atoms with Crippen molar-refractivity contribution in [1.29, 1.82) is 0 Å². The molecule has 0 aliphatic rings. The molecular weight excluding hydrogens is 274 g/mol. The van der Waals surface area contributed by atoms with E-state index in [0.717, 1.165) is 0 Å². The Labute approximate surface area is 123 Å². The van der Waals surface area contributed by atoms with Crippen LogP contribution in [0, 0.1) is 0 Å². The molecule has 116 valence electrons. The van der Waals surface area contributed by atoms with Gasteiger partial charge in [0.05, 0.1) is 13.7 Å². The number of methoxy groups -OCH3 is 2. The van der Waals surface area contributed by atoms with E-state index in [4.69, 9.17) is 15.2 Å². The average Bonchev–Trinajstić information content (AvgIpc) is 2.46. The molecule has 1 unspecified atom stereocenters. The number of benzene rings is 1. The number of anilines is 1. The second-order valence-electron chi connectivity index (χ2n) is 4.40. The molecule has 0 heterocycles. The highest BCUT2D eigenvalue weighted by Crippen LogP contribution is 2.23. The van der Waals surface area contributed by atoms with E-state index >= 15 is 0 Å². The van der Waals surface area contributed by atoms with Gasteiger partial charge in [0, 0.05) is 19.3 Å². The Bertz CT molecular complexity index is 505. The van der Waals surface area contributed by atoms with Crippen molar-refractivity contribution >= 4 is 17.5 Å². The van der Waals surface area contributed by atoms with Crippen LogP contribution in [0.2, 0.25) is 0 Å². The zero-order chi connectivity index (χ0) is 15.8. The predicted octanol–water partition coefficient (Wildman–Crippen LogP) is 0.158. The molecule has 2 amide bonds. The third-order valence-electron chi connectivity index (χ3n) is 2.85. The van der Waals surface area contributed by atoms with E-state index in [1.807, 2.05) is 0 Å². The van der Waals surface area contributed by atoms with Gasteiger partial charge in [0.2, 0.25) is 5.91 Å². The van der Waals surface area contributed by atoms with Crippen LogP contribution in [0.25, 0.3) is 0 Å². The lowest BCUT2D eigenvalue weighted by atomic mass is 10.1. The van der Waals surface area contributed by atoms with Gasteiger partial charge in [0.15, 0.2) is 0 Å². The molecule has 0 saturated heterocycles. The van der Waals surface area contributed by atoms with Gasteiger partial charge in [-0.25, -0.2) is 0 Å². The van der Waals surface area contributed by atoms with Crippen LogP contribution >= 0.6 is 0 Å². The van der Waals surface area contributed by atoms with E-state index in [1.54, 1.807) is 32.2 Å². The summed E-state index contributed by atoms with van der Waals surface area (Å²) < 4.78 is 9.94. The van der Waals surface area contributed by atoms with Gasteiger partial charge in [-0.3, -0.25) is 9.59 Å². The van der Waals surface area contributed by atoms with E-state index < -0.39 is 11.9 Å². The van der Waals surface area contributed by atoms with Gasteiger partial charge in [0.25, 0.3) is 5.91 Å².